The molecule has 0 fully saturated rings. The van der Waals surface area contributed by atoms with Crippen LogP contribution in [0.1, 0.15) is 37.7 Å². The van der Waals surface area contributed by atoms with Crippen molar-refractivity contribution in [3.05, 3.63) is 56.8 Å². The van der Waals surface area contributed by atoms with Crippen LogP contribution in [0.3, 0.4) is 0 Å². The van der Waals surface area contributed by atoms with E-state index in [1.54, 1.807) is 0 Å². The van der Waals surface area contributed by atoms with Crippen LogP contribution in [0.15, 0.2) is 51.3 Å². The maximum absolute atomic E-state index is 12.6. The van der Waals surface area contributed by atoms with E-state index >= 15 is 0 Å². The van der Waals surface area contributed by atoms with Crippen molar-refractivity contribution in [2.24, 2.45) is 0 Å². The van der Waals surface area contributed by atoms with Crippen molar-refractivity contribution in [3.63, 3.8) is 0 Å². The van der Waals surface area contributed by atoms with Crippen molar-refractivity contribution >= 4 is 27.7 Å². The Labute approximate surface area is 143 Å². The Bertz CT molecular complexity index is 748. The smallest absolute Gasteiger partial charge is 0.336 e. The molecule has 0 saturated carbocycles. The number of carbonyl (C=O) groups excluding carboxylic acids is 2. The van der Waals surface area contributed by atoms with E-state index in [4.69, 9.17) is 4.74 Å². The summed E-state index contributed by atoms with van der Waals surface area (Å²) in [5, 5.41) is 3.26. The van der Waals surface area contributed by atoms with E-state index < -0.39 is 5.97 Å². The molecule has 1 aliphatic heterocycles. The van der Waals surface area contributed by atoms with Crippen molar-refractivity contribution in [3.8, 4) is 0 Å². The van der Waals surface area contributed by atoms with Gasteiger partial charge in [0.25, 0.3) is 0 Å². The Morgan fingerprint density at radius 2 is 2.04 bits per heavy atom. The minimum Gasteiger partial charge on any atom is -0.466 e. The van der Waals surface area contributed by atoms with E-state index in [0.717, 1.165) is 34.3 Å². The number of nitrogens with one attached hydrogen (secondary N) is 1. The molecule has 0 aromatic heterocycles. The highest BCUT2D eigenvalue weighted by molar-refractivity contribution is 9.10. The largest absolute Gasteiger partial charge is 0.466 e. The van der Waals surface area contributed by atoms with Crippen molar-refractivity contribution < 1.29 is 14.3 Å². The van der Waals surface area contributed by atoms with E-state index in [-0.39, 0.29) is 11.7 Å². The van der Waals surface area contributed by atoms with Gasteiger partial charge in [-0.05, 0) is 31.4 Å². The number of methoxy groups -OCH3 is 1. The molecular weight excluding hydrogens is 358 g/mol. The molecule has 1 aliphatic carbocycles. The number of hydrogen-bond donors (Lipinski definition) is 1. The number of Topliss-reactive ketones (excluding diaryl/α,β-unsaturated/α-hetero) is 1. The van der Waals surface area contributed by atoms with E-state index in [1.165, 1.54) is 7.11 Å². The molecule has 1 atom stereocenters. The van der Waals surface area contributed by atoms with Crippen LogP contribution < -0.4 is 5.32 Å². The number of esters is 1. The fourth-order valence-electron chi connectivity index (χ4n) is 3.38. The molecular formula is C18H18BrNO3. The second-order valence-corrected chi connectivity index (χ2v) is 6.63. The highest BCUT2D eigenvalue weighted by Gasteiger charge is 2.39. The highest BCUT2D eigenvalue weighted by atomic mass is 79.9. The maximum Gasteiger partial charge on any atom is 0.336 e. The Morgan fingerprint density at radius 1 is 1.30 bits per heavy atom. The van der Waals surface area contributed by atoms with Crippen LogP contribution in [0, 0.1) is 0 Å². The molecule has 4 nitrogen and oxygen atoms in total. The summed E-state index contributed by atoms with van der Waals surface area (Å²) in [4.78, 5) is 25.0. The van der Waals surface area contributed by atoms with Crippen LogP contribution in [0.4, 0.5) is 0 Å². The third-order valence-corrected chi connectivity index (χ3v) is 5.12. The molecule has 1 N–H and O–H groups in total. The van der Waals surface area contributed by atoms with Crippen LogP contribution in [0.5, 0.6) is 0 Å². The Morgan fingerprint density at radius 3 is 2.74 bits per heavy atom. The average Bonchev–Trinajstić information content (AvgIpc) is 2.54. The first-order valence-corrected chi connectivity index (χ1v) is 8.40. The predicted molar refractivity (Wildman–Crippen MR) is 90.6 cm³/mol. The molecule has 1 aromatic carbocycles. The summed E-state index contributed by atoms with van der Waals surface area (Å²) in [5.74, 6) is -0.684. The van der Waals surface area contributed by atoms with Gasteiger partial charge in [-0.25, -0.2) is 4.79 Å². The number of ether oxygens (including phenoxy) is 1. The topological polar surface area (TPSA) is 55.4 Å². The lowest BCUT2D eigenvalue weighted by atomic mass is 9.75. The molecule has 1 heterocycles. The molecule has 1 aromatic rings. The lowest BCUT2D eigenvalue weighted by Crippen LogP contribution is -2.34. The molecule has 3 rings (SSSR count). The van der Waals surface area contributed by atoms with Gasteiger partial charge in [-0.1, -0.05) is 34.1 Å². The highest BCUT2D eigenvalue weighted by Crippen LogP contribution is 2.44. The molecule has 23 heavy (non-hydrogen) atoms. The lowest BCUT2D eigenvalue weighted by Gasteiger charge is -2.34. The number of carbonyl (C=O) groups is 2. The quantitative estimate of drug-likeness (QED) is 0.802. The lowest BCUT2D eigenvalue weighted by molar-refractivity contribution is -0.136. The number of benzene rings is 1. The minimum atomic E-state index is -0.402. The normalized spacial score (nSPS) is 21.0. The molecule has 0 amide bonds. The second kappa shape index (κ2) is 6.32. The third-order valence-electron chi connectivity index (χ3n) is 4.40. The summed E-state index contributed by atoms with van der Waals surface area (Å²) in [7, 11) is 1.37. The van der Waals surface area contributed by atoms with E-state index in [2.05, 4.69) is 21.2 Å². The summed E-state index contributed by atoms with van der Waals surface area (Å²) in [6, 6.07) is 7.71. The van der Waals surface area contributed by atoms with Crippen LogP contribution in [0.2, 0.25) is 0 Å². The number of halogens is 1. The van der Waals surface area contributed by atoms with Gasteiger partial charge < -0.3 is 10.1 Å². The van der Waals surface area contributed by atoms with E-state index in [9.17, 15) is 9.59 Å². The monoisotopic (exact) mass is 375 g/mol. The number of dihydropyridines is 1. The number of allylic oxidation sites excluding steroid dienone is 3. The summed E-state index contributed by atoms with van der Waals surface area (Å²) in [6.45, 7) is 1.86. The fourth-order valence-corrected chi connectivity index (χ4v) is 3.90. The number of rotatable bonds is 2. The van der Waals surface area contributed by atoms with Crippen molar-refractivity contribution in [1.29, 1.82) is 0 Å². The summed E-state index contributed by atoms with van der Waals surface area (Å²) >= 11 is 3.56. The molecule has 2 aliphatic rings. The van der Waals surface area contributed by atoms with E-state index in [1.807, 2.05) is 31.2 Å². The standard InChI is InChI=1S/C18H18BrNO3/c1-10-15(18(22)23-2)16(11-6-3-4-7-12(11)19)17-13(20-10)8-5-9-14(17)21/h3-4,6-7,16,20H,5,8-9H2,1-2H3. The van der Waals surface area contributed by atoms with Crippen molar-refractivity contribution in [2.75, 3.05) is 7.11 Å². The first-order valence-electron chi connectivity index (χ1n) is 7.61. The Balaban J connectivity index is 2.23. The molecule has 0 spiro atoms. The van der Waals surface area contributed by atoms with Crippen molar-refractivity contribution in [1.82, 2.24) is 5.32 Å². The molecule has 0 bridgehead atoms. The fraction of sp³-hybridized carbons (Fsp3) is 0.333. The Kier molecular flexibility index (Phi) is 4.39. The van der Waals surface area contributed by atoms with Crippen LogP contribution in [-0.4, -0.2) is 18.9 Å². The number of ketones is 1. The maximum atomic E-state index is 12.6. The SMILES string of the molecule is COC(=O)C1=C(C)NC2=C(C(=O)CCC2)C1c1ccccc1Br. The summed E-state index contributed by atoms with van der Waals surface area (Å²) < 4.78 is 5.86. The predicted octanol–water partition coefficient (Wildman–Crippen LogP) is 3.59. The number of hydrogen-bond acceptors (Lipinski definition) is 4. The molecule has 120 valence electrons. The van der Waals surface area contributed by atoms with Gasteiger partial charge in [0.15, 0.2) is 5.78 Å². The zero-order chi connectivity index (χ0) is 16.6. The van der Waals surface area contributed by atoms with Crippen LogP contribution in [-0.2, 0) is 14.3 Å². The zero-order valence-electron chi connectivity index (χ0n) is 13.1. The average molecular weight is 376 g/mol. The van der Waals surface area contributed by atoms with Gasteiger partial charge in [-0.2, -0.15) is 0 Å². The molecule has 5 heteroatoms. The van der Waals surface area contributed by atoms with Gasteiger partial charge >= 0.3 is 5.97 Å². The van der Waals surface area contributed by atoms with Crippen LogP contribution >= 0.6 is 15.9 Å². The van der Waals surface area contributed by atoms with Gasteiger partial charge in [0.1, 0.15) is 0 Å². The molecule has 0 saturated heterocycles. The van der Waals surface area contributed by atoms with Gasteiger partial charge in [-0.3, -0.25) is 4.79 Å². The first-order chi connectivity index (χ1) is 11.0. The summed E-state index contributed by atoms with van der Waals surface area (Å²) in [6.07, 6.45) is 2.19. The van der Waals surface area contributed by atoms with Gasteiger partial charge in [0.05, 0.1) is 12.7 Å². The van der Waals surface area contributed by atoms with Gasteiger partial charge in [0.2, 0.25) is 0 Å². The Hall–Kier alpha value is -1.88. The molecule has 0 radical (unpaired) electrons. The van der Waals surface area contributed by atoms with Gasteiger partial charge in [0, 0.05) is 33.8 Å². The third kappa shape index (κ3) is 2.74. The van der Waals surface area contributed by atoms with Crippen LogP contribution in [0.25, 0.3) is 0 Å². The second-order valence-electron chi connectivity index (χ2n) is 5.78. The zero-order valence-corrected chi connectivity index (χ0v) is 14.7. The van der Waals surface area contributed by atoms with Gasteiger partial charge in [-0.15, -0.1) is 0 Å². The minimum absolute atomic E-state index is 0.105. The first kappa shape index (κ1) is 16.0. The van der Waals surface area contributed by atoms with Crippen molar-refractivity contribution in [2.45, 2.75) is 32.1 Å². The van der Waals surface area contributed by atoms with E-state index in [0.29, 0.717) is 17.6 Å². The molecule has 1 unspecified atom stereocenters. The summed E-state index contributed by atoms with van der Waals surface area (Å²) in [5.41, 5.74) is 3.82.